The van der Waals surface area contributed by atoms with Gasteiger partial charge in [0.05, 0.1) is 5.52 Å². The second-order valence-electron chi connectivity index (χ2n) is 3.99. The van der Waals surface area contributed by atoms with Crippen LogP contribution in [0.3, 0.4) is 0 Å². The first-order valence-electron chi connectivity index (χ1n) is 5.53. The van der Waals surface area contributed by atoms with Crippen LogP contribution in [0.5, 0.6) is 0 Å². The zero-order valence-corrected chi connectivity index (χ0v) is 9.44. The number of nitrogens with two attached hydrogens (primary N) is 1. The molecule has 0 amide bonds. The molecule has 2 aromatic rings. The van der Waals surface area contributed by atoms with Gasteiger partial charge < -0.3 is 10.3 Å². The summed E-state index contributed by atoms with van der Waals surface area (Å²) in [6.07, 6.45) is 0.827. The number of hydrogen-bond acceptors (Lipinski definition) is 2. The van der Waals surface area contributed by atoms with Crippen molar-refractivity contribution in [3.8, 4) is 0 Å². The molecule has 0 atom stereocenters. The minimum atomic E-state index is 0.0900. The van der Waals surface area contributed by atoms with Crippen LogP contribution in [0.4, 0.5) is 0 Å². The fraction of sp³-hybridized carbons (Fsp3) is 0.308. The largest absolute Gasteiger partial charge is 0.330 e. The monoisotopic (exact) mass is 216 g/mol. The van der Waals surface area contributed by atoms with E-state index in [1.54, 1.807) is 0 Å². The molecule has 1 aromatic carbocycles. The van der Waals surface area contributed by atoms with Crippen LogP contribution >= 0.6 is 0 Å². The first-order valence-corrected chi connectivity index (χ1v) is 5.53. The second-order valence-corrected chi connectivity index (χ2v) is 3.99. The maximum absolute atomic E-state index is 12.0. The Morgan fingerprint density at radius 1 is 1.31 bits per heavy atom. The van der Waals surface area contributed by atoms with Crippen molar-refractivity contribution in [1.29, 1.82) is 0 Å². The van der Waals surface area contributed by atoms with Crippen molar-refractivity contribution in [2.75, 3.05) is 6.54 Å². The highest BCUT2D eigenvalue weighted by Crippen LogP contribution is 2.13. The highest BCUT2D eigenvalue weighted by molar-refractivity contribution is 5.79. The van der Waals surface area contributed by atoms with Gasteiger partial charge in [0, 0.05) is 12.1 Å². The highest BCUT2D eigenvalue weighted by Gasteiger charge is 2.04. The molecular weight excluding hydrogens is 200 g/mol. The maximum Gasteiger partial charge on any atom is 0.253 e. The van der Waals surface area contributed by atoms with Crippen molar-refractivity contribution in [3.05, 3.63) is 46.2 Å². The van der Waals surface area contributed by atoms with Crippen LogP contribution in [-0.2, 0) is 6.54 Å². The molecule has 1 aromatic heterocycles. The molecule has 3 heteroatoms. The predicted molar refractivity (Wildman–Crippen MR) is 66.6 cm³/mol. The topological polar surface area (TPSA) is 48.0 Å². The van der Waals surface area contributed by atoms with Gasteiger partial charge in [0.15, 0.2) is 0 Å². The summed E-state index contributed by atoms with van der Waals surface area (Å²) >= 11 is 0. The molecule has 2 N–H and O–H groups in total. The molecule has 0 aliphatic rings. The lowest BCUT2D eigenvalue weighted by molar-refractivity contribution is 0.647. The van der Waals surface area contributed by atoms with E-state index in [1.807, 2.05) is 41.8 Å². The Morgan fingerprint density at radius 3 is 2.81 bits per heavy atom. The van der Waals surface area contributed by atoms with E-state index in [2.05, 4.69) is 0 Å². The number of benzene rings is 1. The minimum absolute atomic E-state index is 0.0900. The molecular formula is C13H16N2O. The van der Waals surface area contributed by atoms with Gasteiger partial charge in [0.25, 0.3) is 5.56 Å². The van der Waals surface area contributed by atoms with Gasteiger partial charge in [-0.1, -0.05) is 18.2 Å². The zero-order chi connectivity index (χ0) is 11.5. The molecule has 0 radical (unpaired) electrons. The van der Waals surface area contributed by atoms with Gasteiger partial charge >= 0.3 is 0 Å². The van der Waals surface area contributed by atoms with E-state index >= 15 is 0 Å². The van der Waals surface area contributed by atoms with Crippen molar-refractivity contribution < 1.29 is 0 Å². The summed E-state index contributed by atoms with van der Waals surface area (Å²) in [5, 5.41) is 1.11. The van der Waals surface area contributed by atoms with Crippen LogP contribution in [0.15, 0.2) is 35.1 Å². The number of hydrogen-bond donors (Lipinski definition) is 1. The summed E-state index contributed by atoms with van der Waals surface area (Å²) in [7, 11) is 0. The molecule has 1 heterocycles. The van der Waals surface area contributed by atoms with E-state index in [9.17, 15) is 4.79 Å². The van der Waals surface area contributed by atoms with Crippen molar-refractivity contribution in [2.24, 2.45) is 5.73 Å². The summed E-state index contributed by atoms with van der Waals surface area (Å²) in [6.45, 7) is 3.15. The smallest absolute Gasteiger partial charge is 0.253 e. The van der Waals surface area contributed by atoms with Crippen LogP contribution in [0.2, 0.25) is 0 Å². The van der Waals surface area contributed by atoms with Gasteiger partial charge in [-0.05, 0) is 37.4 Å². The zero-order valence-electron chi connectivity index (χ0n) is 9.44. The Kier molecular flexibility index (Phi) is 3.06. The lowest BCUT2D eigenvalue weighted by Crippen LogP contribution is -2.23. The summed E-state index contributed by atoms with van der Waals surface area (Å²) in [5.74, 6) is 0. The number of para-hydroxylation sites is 1. The Balaban J connectivity index is 2.66. The molecule has 0 saturated carbocycles. The molecule has 0 bridgehead atoms. The number of nitrogens with zero attached hydrogens (tertiary/aromatic N) is 1. The molecule has 0 unspecified atom stereocenters. The van der Waals surface area contributed by atoms with Gasteiger partial charge in [0.1, 0.15) is 0 Å². The van der Waals surface area contributed by atoms with Crippen LogP contribution in [-0.4, -0.2) is 11.1 Å². The Labute approximate surface area is 94.5 Å². The predicted octanol–water partition coefficient (Wildman–Crippen LogP) is 1.66. The van der Waals surface area contributed by atoms with E-state index in [0.717, 1.165) is 22.9 Å². The van der Waals surface area contributed by atoms with Gasteiger partial charge in [-0.2, -0.15) is 0 Å². The fourth-order valence-corrected chi connectivity index (χ4v) is 1.94. The van der Waals surface area contributed by atoms with Crippen LogP contribution in [0.1, 0.15) is 12.0 Å². The van der Waals surface area contributed by atoms with E-state index in [1.165, 1.54) is 0 Å². The summed E-state index contributed by atoms with van der Waals surface area (Å²) in [5.41, 5.74) is 7.36. The molecule has 2 rings (SSSR count). The average Bonchev–Trinajstić information content (AvgIpc) is 2.30. The highest BCUT2D eigenvalue weighted by atomic mass is 16.1. The summed E-state index contributed by atoms with van der Waals surface area (Å²) in [6, 6.07) is 9.89. The van der Waals surface area contributed by atoms with E-state index in [0.29, 0.717) is 13.1 Å². The third-order valence-corrected chi connectivity index (χ3v) is 2.77. The second kappa shape index (κ2) is 4.49. The standard InChI is InChI=1S/C13H16N2O/c1-10-9-11-5-2-3-6-12(11)15(13(10)16)8-4-7-14/h2-3,5-6,9H,4,7-8,14H2,1H3. The lowest BCUT2D eigenvalue weighted by Gasteiger charge is -2.10. The number of fused-ring (bicyclic) bond motifs is 1. The first-order chi connectivity index (χ1) is 7.74. The van der Waals surface area contributed by atoms with E-state index < -0.39 is 0 Å². The van der Waals surface area contributed by atoms with Gasteiger partial charge in [-0.15, -0.1) is 0 Å². The van der Waals surface area contributed by atoms with Crippen molar-refractivity contribution in [1.82, 2.24) is 4.57 Å². The number of pyridine rings is 1. The maximum atomic E-state index is 12.0. The number of aryl methyl sites for hydroxylation is 2. The number of aromatic nitrogens is 1. The minimum Gasteiger partial charge on any atom is -0.330 e. The summed E-state index contributed by atoms with van der Waals surface area (Å²) < 4.78 is 1.82. The van der Waals surface area contributed by atoms with Gasteiger partial charge in [0.2, 0.25) is 0 Å². The Bertz CT molecular complexity index is 557. The quantitative estimate of drug-likeness (QED) is 0.848. The van der Waals surface area contributed by atoms with Crippen molar-refractivity contribution in [3.63, 3.8) is 0 Å². The normalized spacial score (nSPS) is 10.9. The third-order valence-electron chi connectivity index (χ3n) is 2.77. The fourth-order valence-electron chi connectivity index (χ4n) is 1.94. The van der Waals surface area contributed by atoms with Gasteiger partial charge in [-0.3, -0.25) is 4.79 Å². The molecule has 0 saturated heterocycles. The lowest BCUT2D eigenvalue weighted by atomic mass is 10.1. The van der Waals surface area contributed by atoms with Crippen LogP contribution in [0.25, 0.3) is 10.9 Å². The molecule has 3 nitrogen and oxygen atoms in total. The van der Waals surface area contributed by atoms with Crippen LogP contribution in [0, 0.1) is 6.92 Å². The molecule has 0 fully saturated rings. The van der Waals surface area contributed by atoms with Crippen LogP contribution < -0.4 is 11.3 Å². The molecule has 0 aliphatic carbocycles. The Morgan fingerprint density at radius 2 is 2.06 bits per heavy atom. The molecule has 0 spiro atoms. The average molecular weight is 216 g/mol. The first kappa shape index (κ1) is 10.9. The van der Waals surface area contributed by atoms with E-state index in [-0.39, 0.29) is 5.56 Å². The molecule has 16 heavy (non-hydrogen) atoms. The number of rotatable bonds is 3. The van der Waals surface area contributed by atoms with Crippen molar-refractivity contribution >= 4 is 10.9 Å². The van der Waals surface area contributed by atoms with E-state index in [4.69, 9.17) is 5.73 Å². The van der Waals surface area contributed by atoms with Crippen molar-refractivity contribution in [2.45, 2.75) is 19.9 Å². The summed E-state index contributed by atoms with van der Waals surface area (Å²) in [4.78, 5) is 12.0. The third kappa shape index (κ3) is 1.86. The Hall–Kier alpha value is -1.61. The van der Waals surface area contributed by atoms with Gasteiger partial charge in [-0.25, -0.2) is 0 Å². The molecule has 84 valence electrons. The SMILES string of the molecule is Cc1cc2ccccc2n(CCCN)c1=O. The molecule has 0 aliphatic heterocycles.